The van der Waals surface area contributed by atoms with Crippen molar-refractivity contribution in [3.8, 4) is 11.3 Å². The lowest BCUT2D eigenvalue weighted by atomic mass is 10.1. The van der Waals surface area contributed by atoms with Gasteiger partial charge in [0, 0.05) is 51.1 Å². The maximum atomic E-state index is 13.5. The highest BCUT2D eigenvalue weighted by atomic mass is 16.5. The molecule has 0 fully saturated rings. The van der Waals surface area contributed by atoms with E-state index < -0.39 is 0 Å². The zero-order chi connectivity index (χ0) is 23.2. The first-order valence-corrected chi connectivity index (χ1v) is 10.8. The van der Waals surface area contributed by atoms with Crippen LogP contribution >= 0.6 is 0 Å². The lowest BCUT2D eigenvalue weighted by molar-refractivity contribution is 0.0717. The summed E-state index contributed by atoms with van der Waals surface area (Å²) in [5.41, 5.74) is 3.52. The third-order valence-electron chi connectivity index (χ3n) is 5.17. The Morgan fingerprint density at radius 1 is 1.00 bits per heavy atom. The fourth-order valence-corrected chi connectivity index (χ4v) is 3.41. The van der Waals surface area contributed by atoms with E-state index in [1.807, 2.05) is 74.4 Å². The summed E-state index contributed by atoms with van der Waals surface area (Å²) in [5, 5.41) is 4.00. The molecule has 0 aliphatic rings. The summed E-state index contributed by atoms with van der Waals surface area (Å²) in [4.78, 5) is 30.7. The highest BCUT2D eigenvalue weighted by molar-refractivity contribution is 5.92. The van der Waals surface area contributed by atoms with Crippen molar-refractivity contribution < 1.29 is 9.32 Å². The summed E-state index contributed by atoms with van der Waals surface area (Å²) in [5.74, 6) is 1.01. The molecule has 0 radical (unpaired) electrons. The van der Waals surface area contributed by atoms with Crippen LogP contribution in [0.4, 0.5) is 5.95 Å². The molecule has 1 amide bonds. The van der Waals surface area contributed by atoms with Crippen LogP contribution in [0.15, 0.2) is 71.5 Å². The average Bonchev–Trinajstić information content (AvgIpc) is 3.34. The van der Waals surface area contributed by atoms with Crippen LogP contribution in [0.25, 0.3) is 11.3 Å². The predicted octanol–water partition coefficient (Wildman–Crippen LogP) is 4.00. The molecule has 0 aliphatic carbocycles. The molecule has 0 spiro atoms. The summed E-state index contributed by atoms with van der Waals surface area (Å²) >= 11 is 0. The van der Waals surface area contributed by atoms with Crippen LogP contribution in [0, 0.1) is 0 Å². The first-order chi connectivity index (χ1) is 16.0. The number of carbonyl (C=O) groups excluding carboxylic acids is 1. The van der Waals surface area contributed by atoms with Crippen molar-refractivity contribution in [2.75, 3.05) is 19.0 Å². The molecule has 0 saturated heterocycles. The Hall–Kier alpha value is -4.07. The van der Waals surface area contributed by atoms with Crippen molar-refractivity contribution in [3.05, 3.63) is 89.7 Å². The fraction of sp³-hybridized carbons (Fsp3) is 0.240. The van der Waals surface area contributed by atoms with Crippen LogP contribution in [0.5, 0.6) is 0 Å². The molecule has 8 heteroatoms. The molecule has 0 atom stereocenters. The van der Waals surface area contributed by atoms with E-state index >= 15 is 0 Å². The maximum Gasteiger partial charge on any atom is 0.276 e. The number of hydrogen-bond donors (Lipinski definition) is 0. The number of anilines is 1. The SMILES string of the molecule is CCc1cc(C(=O)N(Cc2ccccc2)Cc2nc(N(C)C)ncc2-c2ccccn2)no1. The van der Waals surface area contributed by atoms with E-state index in [0.717, 1.165) is 16.8 Å². The predicted molar refractivity (Wildman–Crippen MR) is 125 cm³/mol. The third-order valence-corrected chi connectivity index (χ3v) is 5.17. The molecule has 0 bridgehead atoms. The number of aromatic nitrogens is 4. The largest absolute Gasteiger partial charge is 0.361 e. The van der Waals surface area contributed by atoms with Crippen molar-refractivity contribution in [2.24, 2.45) is 0 Å². The molecule has 0 unspecified atom stereocenters. The second-order valence-electron chi connectivity index (χ2n) is 7.82. The minimum atomic E-state index is -0.223. The number of nitrogens with zero attached hydrogens (tertiary/aromatic N) is 6. The highest BCUT2D eigenvalue weighted by Crippen LogP contribution is 2.24. The van der Waals surface area contributed by atoms with E-state index in [4.69, 9.17) is 9.51 Å². The van der Waals surface area contributed by atoms with Gasteiger partial charge in [0.05, 0.1) is 17.9 Å². The van der Waals surface area contributed by atoms with Crippen molar-refractivity contribution in [1.82, 2.24) is 25.0 Å². The molecule has 0 aliphatic heterocycles. The minimum absolute atomic E-state index is 0.223. The topological polar surface area (TPSA) is 88.3 Å². The Bertz CT molecular complexity index is 1210. The van der Waals surface area contributed by atoms with E-state index in [2.05, 4.69) is 15.1 Å². The van der Waals surface area contributed by atoms with Crippen LogP contribution in [0.2, 0.25) is 0 Å². The molecular formula is C25H26N6O2. The van der Waals surface area contributed by atoms with Gasteiger partial charge >= 0.3 is 0 Å². The third kappa shape index (κ3) is 5.23. The number of hydrogen-bond acceptors (Lipinski definition) is 7. The number of benzene rings is 1. The van der Waals surface area contributed by atoms with Gasteiger partial charge in [-0.3, -0.25) is 9.78 Å². The van der Waals surface area contributed by atoms with Gasteiger partial charge in [-0.25, -0.2) is 9.97 Å². The summed E-state index contributed by atoms with van der Waals surface area (Å²) in [6, 6.07) is 17.2. The number of carbonyl (C=O) groups is 1. The van der Waals surface area contributed by atoms with Crippen molar-refractivity contribution in [2.45, 2.75) is 26.4 Å². The Balaban J connectivity index is 1.74. The van der Waals surface area contributed by atoms with E-state index in [0.29, 0.717) is 30.4 Å². The van der Waals surface area contributed by atoms with E-state index in [1.165, 1.54) is 0 Å². The van der Waals surface area contributed by atoms with E-state index in [1.54, 1.807) is 23.4 Å². The molecule has 4 aromatic rings. The van der Waals surface area contributed by atoms with Crippen LogP contribution in [-0.4, -0.2) is 45.0 Å². The molecule has 0 N–H and O–H groups in total. The van der Waals surface area contributed by atoms with Gasteiger partial charge in [-0.05, 0) is 17.7 Å². The molecular weight excluding hydrogens is 416 g/mol. The van der Waals surface area contributed by atoms with Crippen LogP contribution in [-0.2, 0) is 19.5 Å². The molecule has 8 nitrogen and oxygen atoms in total. The number of amides is 1. The van der Waals surface area contributed by atoms with Gasteiger partial charge in [-0.2, -0.15) is 0 Å². The summed E-state index contributed by atoms with van der Waals surface area (Å²) < 4.78 is 5.29. The lowest BCUT2D eigenvalue weighted by Crippen LogP contribution is -2.31. The molecule has 3 aromatic heterocycles. The van der Waals surface area contributed by atoms with Crippen molar-refractivity contribution >= 4 is 11.9 Å². The molecule has 168 valence electrons. The van der Waals surface area contributed by atoms with Gasteiger partial charge < -0.3 is 14.3 Å². The van der Waals surface area contributed by atoms with Crippen LogP contribution in [0.3, 0.4) is 0 Å². The fourth-order valence-electron chi connectivity index (χ4n) is 3.41. The maximum absolute atomic E-state index is 13.5. The molecule has 4 rings (SSSR count). The minimum Gasteiger partial charge on any atom is -0.361 e. The van der Waals surface area contributed by atoms with Crippen molar-refractivity contribution in [3.63, 3.8) is 0 Å². The monoisotopic (exact) mass is 442 g/mol. The van der Waals surface area contributed by atoms with Gasteiger partial charge in [0.1, 0.15) is 5.76 Å². The summed E-state index contributed by atoms with van der Waals surface area (Å²) in [6.45, 7) is 2.62. The lowest BCUT2D eigenvalue weighted by Gasteiger charge is -2.23. The second kappa shape index (κ2) is 10.0. The summed E-state index contributed by atoms with van der Waals surface area (Å²) in [6.07, 6.45) is 4.16. The van der Waals surface area contributed by atoms with Gasteiger partial charge in [0.15, 0.2) is 5.69 Å². The van der Waals surface area contributed by atoms with E-state index in [-0.39, 0.29) is 18.1 Å². The second-order valence-corrected chi connectivity index (χ2v) is 7.82. The zero-order valence-corrected chi connectivity index (χ0v) is 19.0. The van der Waals surface area contributed by atoms with E-state index in [9.17, 15) is 4.79 Å². The Morgan fingerprint density at radius 3 is 2.45 bits per heavy atom. The number of pyridine rings is 1. The highest BCUT2D eigenvalue weighted by Gasteiger charge is 2.23. The van der Waals surface area contributed by atoms with Crippen LogP contribution < -0.4 is 4.90 Å². The Kier molecular flexibility index (Phi) is 6.73. The summed E-state index contributed by atoms with van der Waals surface area (Å²) in [7, 11) is 3.77. The quantitative estimate of drug-likeness (QED) is 0.407. The van der Waals surface area contributed by atoms with Crippen LogP contribution in [0.1, 0.15) is 34.4 Å². The molecule has 3 heterocycles. The number of aryl methyl sites for hydroxylation is 1. The normalized spacial score (nSPS) is 10.8. The smallest absolute Gasteiger partial charge is 0.276 e. The molecule has 33 heavy (non-hydrogen) atoms. The average molecular weight is 443 g/mol. The van der Waals surface area contributed by atoms with Gasteiger partial charge in [0.25, 0.3) is 5.91 Å². The van der Waals surface area contributed by atoms with Crippen molar-refractivity contribution in [1.29, 1.82) is 0 Å². The van der Waals surface area contributed by atoms with Gasteiger partial charge in [-0.15, -0.1) is 0 Å². The standard InChI is InChI=1S/C25H26N6O2/c1-4-19-14-22(29-33-19)24(32)31(16-18-10-6-5-7-11-18)17-23-20(21-12-8-9-13-26-21)15-27-25(28-23)30(2)3/h5-15H,4,16-17H2,1-3H3. The zero-order valence-electron chi connectivity index (χ0n) is 19.0. The Labute approximate surface area is 192 Å². The first-order valence-electron chi connectivity index (χ1n) is 10.8. The molecule has 1 aromatic carbocycles. The molecule has 0 saturated carbocycles. The van der Waals surface area contributed by atoms with Gasteiger partial charge in [-0.1, -0.05) is 48.5 Å². The number of rotatable bonds is 8. The Morgan fingerprint density at radius 2 is 1.79 bits per heavy atom. The van der Waals surface area contributed by atoms with Gasteiger partial charge in [0.2, 0.25) is 5.95 Å². The first kappa shape index (κ1) is 22.1.